The number of carbonyl (C=O) groups is 1. The summed E-state index contributed by atoms with van der Waals surface area (Å²) in [6.45, 7) is 4.43. The summed E-state index contributed by atoms with van der Waals surface area (Å²) in [4.78, 5) is 18.8. The first-order chi connectivity index (χ1) is 9.70. The Balaban J connectivity index is 1.60. The molecule has 3 rings (SSSR count). The minimum absolute atomic E-state index is 0.0772. The number of fused-ring (bicyclic) bond motifs is 1. The van der Waals surface area contributed by atoms with Gasteiger partial charge < -0.3 is 5.32 Å². The third-order valence-corrected chi connectivity index (χ3v) is 4.30. The van der Waals surface area contributed by atoms with Crippen LogP contribution in [0.4, 0.5) is 5.13 Å². The molecule has 0 unspecified atom stereocenters. The topological polar surface area (TPSA) is 73.9 Å². The fourth-order valence-electron chi connectivity index (χ4n) is 2.40. The Morgan fingerprint density at radius 1 is 1.45 bits per heavy atom. The number of thiazole rings is 1. The van der Waals surface area contributed by atoms with Gasteiger partial charge in [-0.1, -0.05) is 0 Å². The normalized spacial score (nSPS) is 15.7. The smallest absolute Gasteiger partial charge is 0.223 e. The van der Waals surface area contributed by atoms with Crippen LogP contribution in [0, 0.1) is 0 Å². The van der Waals surface area contributed by atoms with Gasteiger partial charge in [-0.05, 0) is 12.0 Å². The summed E-state index contributed by atoms with van der Waals surface area (Å²) in [5.74, 6) is -0.0772. The van der Waals surface area contributed by atoms with Gasteiger partial charge in [0.2, 0.25) is 5.91 Å². The van der Waals surface area contributed by atoms with Crippen molar-refractivity contribution in [2.75, 3.05) is 18.4 Å². The third kappa shape index (κ3) is 3.05. The molecule has 0 atom stereocenters. The molecule has 1 aliphatic rings. The lowest BCUT2D eigenvalue weighted by Crippen LogP contribution is -2.25. The van der Waals surface area contributed by atoms with E-state index in [0.717, 1.165) is 32.5 Å². The van der Waals surface area contributed by atoms with Crippen molar-refractivity contribution >= 4 is 22.4 Å². The summed E-state index contributed by atoms with van der Waals surface area (Å²) in [6, 6.07) is 0. The molecule has 0 saturated carbocycles. The van der Waals surface area contributed by atoms with Crippen molar-refractivity contribution in [3.63, 3.8) is 0 Å². The van der Waals surface area contributed by atoms with Gasteiger partial charge in [0.05, 0.1) is 6.20 Å². The molecule has 20 heavy (non-hydrogen) atoms. The van der Waals surface area contributed by atoms with Crippen LogP contribution < -0.4 is 5.32 Å². The van der Waals surface area contributed by atoms with Crippen molar-refractivity contribution < 1.29 is 4.79 Å². The Morgan fingerprint density at radius 3 is 3.15 bits per heavy atom. The van der Waals surface area contributed by atoms with Crippen molar-refractivity contribution in [2.45, 2.75) is 26.3 Å². The SMILES string of the molecule is CC(=O)Nc1ncc(CN2CCc3cn[nH]c3CC2)s1. The van der Waals surface area contributed by atoms with Crippen LogP contribution in [0.2, 0.25) is 0 Å². The number of H-pyrrole nitrogens is 1. The lowest BCUT2D eigenvalue weighted by Gasteiger charge is -2.18. The van der Waals surface area contributed by atoms with E-state index < -0.39 is 0 Å². The van der Waals surface area contributed by atoms with Gasteiger partial charge in [0.25, 0.3) is 0 Å². The molecule has 0 spiro atoms. The van der Waals surface area contributed by atoms with Crippen molar-refractivity contribution in [3.8, 4) is 0 Å². The van der Waals surface area contributed by atoms with E-state index in [2.05, 4.69) is 25.4 Å². The van der Waals surface area contributed by atoms with Crippen LogP contribution in [0.25, 0.3) is 0 Å². The Morgan fingerprint density at radius 2 is 2.30 bits per heavy atom. The second-order valence-corrected chi connectivity index (χ2v) is 6.08. The zero-order valence-electron chi connectivity index (χ0n) is 11.3. The first-order valence-corrected chi connectivity index (χ1v) is 7.48. The number of aromatic nitrogens is 3. The molecule has 2 N–H and O–H groups in total. The van der Waals surface area contributed by atoms with Gasteiger partial charge in [-0.3, -0.25) is 14.8 Å². The number of nitrogens with zero attached hydrogens (tertiary/aromatic N) is 3. The largest absolute Gasteiger partial charge is 0.302 e. The number of aromatic amines is 1. The minimum Gasteiger partial charge on any atom is -0.302 e. The molecule has 6 nitrogen and oxygen atoms in total. The lowest BCUT2D eigenvalue weighted by atomic mass is 10.2. The van der Waals surface area contributed by atoms with Gasteiger partial charge in [0, 0.05) is 49.7 Å². The zero-order valence-corrected chi connectivity index (χ0v) is 12.2. The number of nitrogens with one attached hydrogen (secondary N) is 2. The molecular formula is C13H17N5OS. The second kappa shape index (κ2) is 5.72. The number of rotatable bonds is 3. The third-order valence-electron chi connectivity index (χ3n) is 3.40. The van der Waals surface area contributed by atoms with Crippen LogP contribution in [0.3, 0.4) is 0 Å². The molecule has 1 aliphatic heterocycles. The fourth-order valence-corrected chi connectivity index (χ4v) is 3.30. The summed E-state index contributed by atoms with van der Waals surface area (Å²) in [5.41, 5.74) is 2.59. The highest BCUT2D eigenvalue weighted by Crippen LogP contribution is 2.21. The van der Waals surface area contributed by atoms with Crippen LogP contribution in [0.15, 0.2) is 12.4 Å². The zero-order chi connectivity index (χ0) is 13.9. The quantitative estimate of drug-likeness (QED) is 0.897. The molecule has 0 saturated heterocycles. The first-order valence-electron chi connectivity index (χ1n) is 6.66. The first kappa shape index (κ1) is 13.3. The van der Waals surface area contributed by atoms with Gasteiger partial charge in [-0.2, -0.15) is 5.10 Å². The highest BCUT2D eigenvalue weighted by molar-refractivity contribution is 7.15. The molecule has 3 heterocycles. The molecule has 0 aromatic carbocycles. The second-order valence-electron chi connectivity index (χ2n) is 4.96. The summed E-state index contributed by atoms with van der Waals surface area (Å²) in [5, 5.41) is 10.6. The number of anilines is 1. The van der Waals surface area contributed by atoms with E-state index in [9.17, 15) is 4.79 Å². The predicted octanol–water partition coefficient (Wildman–Crippen LogP) is 1.43. The lowest BCUT2D eigenvalue weighted by molar-refractivity contribution is -0.114. The minimum atomic E-state index is -0.0772. The Kier molecular flexibility index (Phi) is 3.79. The summed E-state index contributed by atoms with van der Waals surface area (Å²) >= 11 is 1.54. The number of carbonyl (C=O) groups excluding carboxylic acids is 1. The van der Waals surface area contributed by atoms with Gasteiger partial charge in [0.1, 0.15) is 0 Å². The van der Waals surface area contributed by atoms with Gasteiger partial charge in [-0.25, -0.2) is 4.98 Å². The fraction of sp³-hybridized carbons (Fsp3) is 0.462. The summed E-state index contributed by atoms with van der Waals surface area (Å²) in [6.07, 6.45) is 5.82. The van der Waals surface area contributed by atoms with Gasteiger partial charge in [-0.15, -0.1) is 11.3 Å². The van der Waals surface area contributed by atoms with Crippen LogP contribution in [0.5, 0.6) is 0 Å². The van der Waals surface area contributed by atoms with Crippen LogP contribution >= 0.6 is 11.3 Å². The molecule has 0 radical (unpaired) electrons. The molecular weight excluding hydrogens is 274 g/mol. The van der Waals surface area contributed by atoms with E-state index in [1.807, 2.05) is 12.4 Å². The maximum absolute atomic E-state index is 11.0. The molecule has 0 bridgehead atoms. The monoisotopic (exact) mass is 291 g/mol. The maximum Gasteiger partial charge on any atom is 0.223 e. The molecule has 0 aliphatic carbocycles. The average molecular weight is 291 g/mol. The standard InChI is InChI=1S/C13H17N5OS/c1-9(19)16-13-14-7-11(20-13)8-18-4-2-10-6-15-17-12(10)3-5-18/h6-7H,2-5,8H2,1H3,(H,15,17)(H,14,16,19). The van der Waals surface area contributed by atoms with E-state index >= 15 is 0 Å². The van der Waals surface area contributed by atoms with Gasteiger partial charge >= 0.3 is 0 Å². The predicted molar refractivity (Wildman–Crippen MR) is 77.7 cm³/mol. The van der Waals surface area contributed by atoms with E-state index in [1.165, 1.54) is 23.1 Å². The highest BCUT2D eigenvalue weighted by atomic mass is 32.1. The number of hydrogen-bond donors (Lipinski definition) is 2. The maximum atomic E-state index is 11.0. The Hall–Kier alpha value is -1.73. The van der Waals surface area contributed by atoms with Crippen LogP contribution in [-0.4, -0.2) is 39.1 Å². The Labute approximate surface area is 121 Å². The van der Waals surface area contributed by atoms with Gasteiger partial charge in [0.15, 0.2) is 5.13 Å². The summed E-state index contributed by atoms with van der Waals surface area (Å²) in [7, 11) is 0. The molecule has 1 amide bonds. The van der Waals surface area contributed by atoms with E-state index in [4.69, 9.17) is 0 Å². The van der Waals surface area contributed by atoms with E-state index in [1.54, 1.807) is 11.3 Å². The Bertz CT molecular complexity index is 583. The van der Waals surface area contributed by atoms with Crippen molar-refractivity contribution in [3.05, 3.63) is 28.5 Å². The van der Waals surface area contributed by atoms with Crippen LogP contribution in [-0.2, 0) is 24.2 Å². The average Bonchev–Trinajstić information content (AvgIpc) is 2.98. The molecule has 2 aromatic rings. The highest BCUT2D eigenvalue weighted by Gasteiger charge is 2.16. The number of amides is 1. The number of hydrogen-bond acceptors (Lipinski definition) is 5. The van der Waals surface area contributed by atoms with E-state index in [-0.39, 0.29) is 5.91 Å². The van der Waals surface area contributed by atoms with Crippen molar-refractivity contribution in [1.29, 1.82) is 0 Å². The van der Waals surface area contributed by atoms with Crippen LogP contribution in [0.1, 0.15) is 23.1 Å². The molecule has 0 fully saturated rings. The molecule has 2 aromatic heterocycles. The summed E-state index contributed by atoms with van der Waals surface area (Å²) < 4.78 is 0. The van der Waals surface area contributed by atoms with Crippen molar-refractivity contribution in [2.24, 2.45) is 0 Å². The molecule has 106 valence electrons. The van der Waals surface area contributed by atoms with Crippen molar-refractivity contribution in [1.82, 2.24) is 20.1 Å². The van der Waals surface area contributed by atoms with E-state index in [0.29, 0.717) is 5.13 Å². The molecule has 7 heteroatoms.